The van der Waals surface area contributed by atoms with E-state index < -0.39 is 6.04 Å². The van der Waals surface area contributed by atoms with Gasteiger partial charge in [0.2, 0.25) is 11.8 Å². The molecule has 0 saturated heterocycles. The van der Waals surface area contributed by atoms with Crippen LogP contribution < -0.4 is 11.1 Å². The van der Waals surface area contributed by atoms with Gasteiger partial charge in [0, 0.05) is 13.6 Å². The van der Waals surface area contributed by atoms with E-state index in [4.69, 9.17) is 5.73 Å². The summed E-state index contributed by atoms with van der Waals surface area (Å²) >= 11 is 0. The predicted molar refractivity (Wildman–Crippen MR) is 68.4 cm³/mol. The summed E-state index contributed by atoms with van der Waals surface area (Å²) in [6, 6.07) is -0.517. The minimum absolute atomic E-state index is 0.0906. The highest BCUT2D eigenvalue weighted by atomic mass is 16.2. The van der Waals surface area contributed by atoms with Crippen LogP contribution in [0.5, 0.6) is 0 Å². The fraction of sp³-hybridized carbons (Fsp3) is 0.833. The molecular weight excluding hydrogens is 218 g/mol. The number of carbonyl (C=O) groups is 2. The zero-order valence-corrected chi connectivity index (χ0v) is 11.3. The van der Waals surface area contributed by atoms with Crippen LogP contribution in [0.1, 0.15) is 33.6 Å². The normalized spacial score (nSPS) is 13.9. The lowest BCUT2D eigenvalue weighted by molar-refractivity contribution is -0.137. The molecule has 2 atom stereocenters. The molecule has 0 aliphatic rings. The highest BCUT2D eigenvalue weighted by Gasteiger charge is 2.25. The van der Waals surface area contributed by atoms with E-state index in [1.165, 1.54) is 4.90 Å². The lowest BCUT2D eigenvalue weighted by Crippen LogP contribution is -2.50. The van der Waals surface area contributed by atoms with Crippen molar-refractivity contribution in [3.63, 3.8) is 0 Å². The Morgan fingerprint density at radius 1 is 1.35 bits per heavy atom. The molecule has 3 N–H and O–H groups in total. The second-order valence-corrected chi connectivity index (χ2v) is 4.34. The molecule has 2 amide bonds. The van der Waals surface area contributed by atoms with Gasteiger partial charge in [-0.1, -0.05) is 27.2 Å². The first kappa shape index (κ1) is 15.9. The van der Waals surface area contributed by atoms with Crippen LogP contribution in [0.3, 0.4) is 0 Å². The quantitative estimate of drug-likeness (QED) is 0.677. The zero-order valence-electron chi connectivity index (χ0n) is 11.3. The SMILES string of the molecule is CCCN(CC(=O)NC)C(=O)[C@@H](N)[C@@H](C)CC. The van der Waals surface area contributed by atoms with Crippen molar-refractivity contribution < 1.29 is 9.59 Å². The van der Waals surface area contributed by atoms with Gasteiger partial charge >= 0.3 is 0 Å². The van der Waals surface area contributed by atoms with Crippen molar-refractivity contribution in [2.45, 2.75) is 39.7 Å². The van der Waals surface area contributed by atoms with Crippen molar-refractivity contribution >= 4 is 11.8 Å². The Morgan fingerprint density at radius 3 is 2.35 bits per heavy atom. The highest BCUT2D eigenvalue weighted by molar-refractivity contribution is 5.87. The van der Waals surface area contributed by atoms with E-state index in [0.717, 1.165) is 12.8 Å². The second-order valence-electron chi connectivity index (χ2n) is 4.34. The first-order chi connectivity index (χ1) is 7.97. The van der Waals surface area contributed by atoms with E-state index in [0.29, 0.717) is 6.54 Å². The number of hydrogen-bond donors (Lipinski definition) is 2. The summed E-state index contributed by atoms with van der Waals surface area (Å²) in [6.45, 7) is 6.58. The summed E-state index contributed by atoms with van der Waals surface area (Å²) in [4.78, 5) is 25.0. The molecule has 0 unspecified atom stereocenters. The Hall–Kier alpha value is -1.10. The van der Waals surface area contributed by atoms with Gasteiger partial charge in [0.15, 0.2) is 0 Å². The molecule has 5 heteroatoms. The molecule has 0 aliphatic carbocycles. The zero-order chi connectivity index (χ0) is 13.4. The summed E-state index contributed by atoms with van der Waals surface area (Å²) in [5.41, 5.74) is 5.90. The first-order valence-electron chi connectivity index (χ1n) is 6.22. The summed E-state index contributed by atoms with van der Waals surface area (Å²) in [7, 11) is 1.56. The van der Waals surface area contributed by atoms with Crippen LogP contribution in [-0.2, 0) is 9.59 Å². The maximum atomic E-state index is 12.1. The van der Waals surface area contributed by atoms with Gasteiger partial charge in [0.1, 0.15) is 0 Å². The number of nitrogens with two attached hydrogens (primary N) is 1. The molecule has 0 radical (unpaired) electrons. The summed E-state index contributed by atoms with van der Waals surface area (Å²) in [6.07, 6.45) is 1.67. The minimum Gasteiger partial charge on any atom is -0.358 e. The third-order valence-corrected chi connectivity index (χ3v) is 2.96. The van der Waals surface area contributed by atoms with E-state index >= 15 is 0 Å². The van der Waals surface area contributed by atoms with Crippen LogP contribution in [0.2, 0.25) is 0 Å². The molecule has 17 heavy (non-hydrogen) atoms. The van der Waals surface area contributed by atoms with Gasteiger partial charge in [-0.3, -0.25) is 9.59 Å². The van der Waals surface area contributed by atoms with Crippen molar-refractivity contribution in [1.29, 1.82) is 0 Å². The Kier molecular flexibility index (Phi) is 7.54. The predicted octanol–water partition coefficient (Wildman–Crippen LogP) is 0.344. The van der Waals surface area contributed by atoms with Crippen molar-refractivity contribution in [2.24, 2.45) is 11.7 Å². The van der Waals surface area contributed by atoms with Crippen molar-refractivity contribution in [3.05, 3.63) is 0 Å². The van der Waals surface area contributed by atoms with Crippen LogP contribution in [0.15, 0.2) is 0 Å². The van der Waals surface area contributed by atoms with Crippen LogP contribution in [0, 0.1) is 5.92 Å². The molecule has 0 spiro atoms. The molecule has 5 nitrogen and oxygen atoms in total. The lowest BCUT2D eigenvalue weighted by atomic mass is 9.99. The lowest BCUT2D eigenvalue weighted by Gasteiger charge is -2.27. The second kappa shape index (κ2) is 8.06. The number of nitrogens with one attached hydrogen (secondary N) is 1. The van der Waals surface area contributed by atoms with E-state index in [-0.39, 0.29) is 24.3 Å². The minimum atomic E-state index is -0.517. The highest BCUT2D eigenvalue weighted by Crippen LogP contribution is 2.08. The Balaban J connectivity index is 4.57. The van der Waals surface area contributed by atoms with Gasteiger partial charge in [-0.15, -0.1) is 0 Å². The summed E-state index contributed by atoms with van der Waals surface area (Å²) < 4.78 is 0. The average molecular weight is 243 g/mol. The molecule has 0 aromatic rings. The topological polar surface area (TPSA) is 75.4 Å². The monoisotopic (exact) mass is 243 g/mol. The third kappa shape index (κ3) is 5.17. The molecule has 0 rings (SSSR count). The van der Waals surface area contributed by atoms with Gasteiger partial charge in [0.25, 0.3) is 0 Å². The van der Waals surface area contributed by atoms with Gasteiger partial charge in [0.05, 0.1) is 12.6 Å². The Bertz CT molecular complexity index is 256. The van der Waals surface area contributed by atoms with Crippen LogP contribution in [0.4, 0.5) is 0 Å². The number of amides is 2. The van der Waals surface area contributed by atoms with Crippen molar-refractivity contribution in [1.82, 2.24) is 10.2 Å². The summed E-state index contributed by atoms with van der Waals surface area (Å²) in [5.74, 6) is -0.167. The van der Waals surface area contributed by atoms with Gasteiger partial charge in [-0.25, -0.2) is 0 Å². The fourth-order valence-electron chi connectivity index (χ4n) is 1.50. The van der Waals surface area contributed by atoms with Crippen LogP contribution >= 0.6 is 0 Å². The largest absolute Gasteiger partial charge is 0.358 e. The number of hydrogen-bond acceptors (Lipinski definition) is 3. The Labute approximate surface area is 104 Å². The van der Waals surface area contributed by atoms with Crippen LogP contribution in [0.25, 0.3) is 0 Å². The van der Waals surface area contributed by atoms with Crippen LogP contribution in [-0.4, -0.2) is 42.9 Å². The maximum absolute atomic E-state index is 12.1. The van der Waals surface area contributed by atoms with Gasteiger partial charge < -0.3 is 16.0 Å². The number of rotatable bonds is 7. The van der Waals surface area contributed by atoms with Gasteiger partial charge in [-0.2, -0.15) is 0 Å². The maximum Gasteiger partial charge on any atom is 0.240 e. The third-order valence-electron chi connectivity index (χ3n) is 2.96. The Morgan fingerprint density at radius 2 is 1.94 bits per heavy atom. The van der Waals surface area contributed by atoms with Crippen molar-refractivity contribution in [2.75, 3.05) is 20.1 Å². The molecule has 100 valence electrons. The number of likely N-dealkylation sites (N-methyl/N-ethyl adjacent to an activating group) is 1. The number of nitrogens with zero attached hydrogens (tertiary/aromatic N) is 1. The molecule has 0 aliphatic heterocycles. The molecule has 0 bridgehead atoms. The molecule has 0 saturated carbocycles. The molecule has 0 aromatic carbocycles. The van der Waals surface area contributed by atoms with E-state index in [1.54, 1.807) is 7.05 Å². The molecule has 0 fully saturated rings. The summed E-state index contributed by atoms with van der Waals surface area (Å²) in [5, 5.41) is 2.52. The molecular formula is C12H25N3O2. The smallest absolute Gasteiger partial charge is 0.240 e. The molecule has 0 heterocycles. The van der Waals surface area contributed by atoms with E-state index in [1.807, 2.05) is 20.8 Å². The molecule has 0 aromatic heterocycles. The van der Waals surface area contributed by atoms with E-state index in [9.17, 15) is 9.59 Å². The fourth-order valence-corrected chi connectivity index (χ4v) is 1.50. The number of carbonyl (C=O) groups excluding carboxylic acids is 2. The standard InChI is InChI=1S/C12H25N3O2/c1-5-7-15(8-10(16)14-4)12(17)11(13)9(3)6-2/h9,11H,5-8,13H2,1-4H3,(H,14,16)/t9-,11-/m0/s1. The van der Waals surface area contributed by atoms with E-state index in [2.05, 4.69) is 5.32 Å². The average Bonchev–Trinajstić information content (AvgIpc) is 2.35. The van der Waals surface area contributed by atoms with Gasteiger partial charge in [-0.05, 0) is 12.3 Å². The first-order valence-corrected chi connectivity index (χ1v) is 6.22. The van der Waals surface area contributed by atoms with Crippen molar-refractivity contribution in [3.8, 4) is 0 Å².